The molecule has 3 heteroatoms. The lowest BCUT2D eigenvalue weighted by molar-refractivity contribution is 0.0665. The normalized spacial score (nSPS) is 17.5. The maximum Gasteiger partial charge on any atom is 0.126 e. The molecule has 1 fully saturated rings. The van der Waals surface area contributed by atoms with E-state index in [0.717, 1.165) is 23.5 Å². The summed E-state index contributed by atoms with van der Waals surface area (Å²) >= 11 is 0. The molecule has 1 unspecified atom stereocenters. The van der Waals surface area contributed by atoms with Gasteiger partial charge < -0.3 is 5.11 Å². The van der Waals surface area contributed by atoms with Gasteiger partial charge in [-0.15, -0.1) is 0 Å². The van der Waals surface area contributed by atoms with Gasteiger partial charge in [0.25, 0.3) is 0 Å². The molecule has 1 aliphatic rings. The van der Waals surface area contributed by atoms with Gasteiger partial charge in [0.1, 0.15) is 11.4 Å². The number of hydrogen-bond donors (Lipinski definition) is 1. The Morgan fingerprint density at radius 2 is 2.10 bits per heavy atom. The number of hydrogen-bond acceptors (Lipinski definition) is 2. The van der Waals surface area contributed by atoms with Crippen LogP contribution in [-0.4, -0.2) is 10.1 Å². The molecule has 0 spiro atoms. The number of pyridine rings is 1. The molecule has 1 aromatic heterocycles. The second-order valence-electron chi connectivity index (χ2n) is 6.05. The molecule has 1 aromatic carbocycles. The van der Waals surface area contributed by atoms with E-state index in [2.05, 4.69) is 4.98 Å². The molecule has 1 atom stereocenters. The van der Waals surface area contributed by atoms with Crippen LogP contribution in [0, 0.1) is 18.7 Å². The number of aliphatic hydroxyl groups is 1. The molecule has 110 valence electrons. The lowest BCUT2D eigenvalue weighted by Gasteiger charge is -2.29. The van der Waals surface area contributed by atoms with Crippen LogP contribution >= 0.6 is 0 Å². The molecule has 1 saturated carbocycles. The third kappa shape index (κ3) is 2.98. The molecule has 3 rings (SSSR count). The third-order valence-electron chi connectivity index (χ3n) is 4.39. The molecule has 1 aliphatic carbocycles. The molecule has 0 bridgehead atoms. The third-order valence-corrected chi connectivity index (χ3v) is 4.39. The Kier molecular flexibility index (Phi) is 3.77. The average molecular weight is 285 g/mol. The van der Waals surface area contributed by atoms with Gasteiger partial charge in [0.2, 0.25) is 0 Å². The number of nitrogens with zero attached hydrogens (tertiary/aromatic N) is 1. The van der Waals surface area contributed by atoms with E-state index in [4.69, 9.17) is 0 Å². The Morgan fingerprint density at radius 1 is 1.29 bits per heavy atom. The van der Waals surface area contributed by atoms with Crippen molar-refractivity contribution < 1.29 is 9.50 Å². The van der Waals surface area contributed by atoms with E-state index in [9.17, 15) is 9.50 Å². The van der Waals surface area contributed by atoms with Gasteiger partial charge in [-0.3, -0.25) is 4.98 Å². The van der Waals surface area contributed by atoms with Crippen LogP contribution in [0.5, 0.6) is 0 Å². The summed E-state index contributed by atoms with van der Waals surface area (Å²) in [6.07, 6.45) is 7.54. The summed E-state index contributed by atoms with van der Waals surface area (Å²) in [5.74, 6) is 0.490. The number of benzene rings is 1. The van der Waals surface area contributed by atoms with E-state index in [1.807, 2.05) is 12.1 Å². The predicted octanol–water partition coefficient (Wildman–Crippen LogP) is 3.96. The number of rotatable bonds is 5. The van der Waals surface area contributed by atoms with Crippen molar-refractivity contribution in [1.82, 2.24) is 4.98 Å². The van der Waals surface area contributed by atoms with Crippen LogP contribution in [0.4, 0.5) is 4.39 Å². The Balaban J connectivity index is 1.99. The van der Waals surface area contributed by atoms with E-state index in [1.54, 1.807) is 31.5 Å². The fourth-order valence-electron chi connectivity index (χ4n) is 2.78. The van der Waals surface area contributed by atoms with E-state index in [-0.39, 0.29) is 5.82 Å². The topological polar surface area (TPSA) is 33.1 Å². The first-order valence-electron chi connectivity index (χ1n) is 7.49. The fraction of sp³-hybridized carbons (Fsp3) is 0.389. The molecule has 0 saturated heterocycles. The second-order valence-corrected chi connectivity index (χ2v) is 6.05. The number of aromatic nitrogens is 1. The Labute approximate surface area is 124 Å². The molecular weight excluding hydrogens is 265 g/mol. The average Bonchev–Trinajstić information content (AvgIpc) is 3.33. The Hall–Kier alpha value is -1.74. The van der Waals surface area contributed by atoms with Crippen LogP contribution in [0.2, 0.25) is 0 Å². The first-order valence-corrected chi connectivity index (χ1v) is 7.49. The van der Waals surface area contributed by atoms with Crippen molar-refractivity contribution >= 4 is 0 Å². The summed E-state index contributed by atoms with van der Waals surface area (Å²) in [5, 5.41) is 11.3. The zero-order valence-corrected chi connectivity index (χ0v) is 12.2. The highest BCUT2D eigenvalue weighted by Crippen LogP contribution is 2.41. The standard InChI is InChI=1S/C18H20FNO/c1-13-11-15(6-7-17(13)19)18(21,9-8-14-4-5-14)16-3-2-10-20-12-16/h2-3,6-7,10-12,14,21H,4-5,8-9H2,1H3. The van der Waals surface area contributed by atoms with Gasteiger partial charge in [-0.2, -0.15) is 0 Å². The second kappa shape index (κ2) is 5.57. The quantitative estimate of drug-likeness (QED) is 0.902. The first-order chi connectivity index (χ1) is 10.1. The summed E-state index contributed by atoms with van der Waals surface area (Å²) in [6.45, 7) is 1.73. The first kappa shape index (κ1) is 14.2. The van der Waals surface area contributed by atoms with Crippen molar-refractivity contribution in [2.75, 3.05) is 0 Å². The molecule has 0 radical (unpaired) electrons. The Bertz CT molecular complexity index is 624. The van der Waals surface area contributed by atoms with Crippen molar-refractivity contribution in [2.45, 2.75) is 38.2 Å². The van der Waals surface area contributed by atoms with E-state index >= 15 is 0 Å². The van der Waals surface area contributed by atoms with Crippen molar-refractivity contribution in [3.05, 3.63) is 65.2 Å². The number of halogens is 1. The minimum atomic E-state index is -1.09. The molecule has 0 aliphatic heterocycles. The van der Waals surface area contributed by atoms with Crippen molar-refractivity contribution in [2.24, 2.45) is 5.92 Å². The van der Waals surface area contributed by atoms with Crippen LogP contribution in [0.1, 0.15) is 42.4 Å². The van der Waals surface area contributed by atoms with Crippen LogP contribution < -0.4 is 0 Å². The molecule has 21 heavy (non-hydrogen) atoms. The predicted molar refractivity (Wildman–Crippen MR) is 80.3 cm³/mol. The van der Waals surface area contributed by atoms with Gasteiger partial charge in [0.05, 0.1) is 0 Å². The maximum atomic E-state index is 13.5. The fourth-order valence-corrected chi connectivity index (χ4v) is 2.78. The zero-order valence-electron chi connectivity index (χ0n) is 12.2. The highest BCUT2D eigenvalue weighted by Gasteiger charge is 2.34. The summed E-state index contributed by atoms with van der Waals surface area (Å²) in [6, 6.07) is 8.58. The van der Waals surface area contributed by atoms with E-state index in [1.165, 1.54) is 18.9 Å². The van der Waals surface area contributed by atoms with Gasteiger partial charge in [0.15, 0.2) is 0 Å². The lowest BCUT2D eigenvalue weighted by atomic mass is 9.82. The summed E-state index contributed by atoms with van der Waals surface area (Å²) < 4.78 is 13.5. The van der Waals surface area contributed by atoms with Crippen molar-refractivity contribution in [3.63, 3.8) is 0 Å². The van der Waals surface area contributed by atoms with Gasteiger partial charge in [-0.05, 0) is 55.0 Å². The van der Waals surface area contributed by atoms with Crippen LogP contribution in [0.3, 0.4) is 0 Å². The maximum absolute atomic E-state index is 13.5. The monoisotopic (exact) mass is 285 g/mol. The molecule has 0 amide bonds. The summed E-state index contributed by atoms with van der Waals surface area (Å²) in [7, 11) is 0. The van der Waals surface area contributed by atoms with E-state index in [0.29, 0.717) is 12.0 Å². The van der Waals surface area contributed by atoms with Crippen LogP contribution in [0.15, 0.2) is 42.7 Å². The molecular formula is C18H20FNO. The Morgan fingerprint density at radius 3 is 2.71 bits per heavy atom. The highest BCUT2D eigenvalue weighted by molar-refractivity contribution is 5.37. The highest BCUT2D eigenvalue weighted by atomic mass is 19.1. The smallest absolute Gasteiger partial charge is 0.126 e. The van der Waals surface area contributed by atoms with Crippen LogP contribution in [-0.2, 0) is 5.60 Å². The minimum absolute atomic E-state index is 0.241. The minimum Gasteiger partial charge on any atom is -0.380 e. The number of aryl methyl sites for hydroxylation is 1. The summed E-state index contributed by atoms with van der Waals surface area (Å²) in [5.41, 5.74) is 0.989. The van der Waals surface area contributed by atoms with Gasteiger partial charge in [-0.25, -0.2) is 4.39 Å². The molecule has 1 N–H and O–H groups in total. The molecule has 2 aromatic rings. The summed E-state index contributed by atoms with van der Waals surface area (Å²) in [4.78, 5) is 4.12. The van der Waals surface area contributed by atoms with Crippen molar-refractivity contribution in [3.8, 4) is 0 Å². The van der Waals surface area contributed by atoms with Crippen molar-refractivity contribution in [1.29, 1.82) is 0 Å². The van der Waals surface area contributed by atoms with Gasteiger partial charge in [0, 0.05) is 18.0 Å². The lowest BCUT2D eigenvalue weighted by Crippen LogP contribution is -2.28. The molecule has 2 nitrogen and oxygen atoms in total. The van der Waals surface area contributed by atoms with Gasteiger partial charge in [-0.1, -0.05) is 25.0 Å². The molecule has 1 heterocycles. The SMILES string of the molecule is Cc1cc(C(O)(CCC2CC2)c2cccnc2)ccc1F. The van der Waals surface area contributed by atoms with Crippen LogP contribution in [0.25, 0.3) is 0 Å². The van der Waals surface area contributed by atoms with Gasteiger partial charge >= 0.3 is 0 Å². The van der Waals surface area contributed by atoms with E-state index < -0.39 is 5.60 Å². The zero-order chi connectivity index (χ0) is 14.9. The largest absolute Gasteiger partial charge is 0.380 e.